The fourth-order valence-electron chi connectivity index (χ4n) is 3.02. The second-order valence-electron chi connectivity index (χ2n) is 5.39. The molecule has 2 nitrogen and oxygen atoms in total. The first-order valence-corrected chi connectivity index (χ1v) is 7.87. The Bertz CT molecular complexity index is 406. The molecule has 0 unspecified atom stereocenters. The van der Waals surface area contributed by atoms with Gasteiger partial charge in [-0.3, -0.25) is 4.68 Å². The number of rotatable bonds is 5. The van der Waals surface area contributed by atoms with Gasteiger partial charge in [0.1, 0.15) is 0 Å². The van der Waals surface area contributed by atoms with Gasteiger partial charge in [-0.05, 0) is 38.0 Å². The molecule has 0 aromatic carbocycles. The number of halogens is 2. The van der Waals surface area contributed by atoms with Crippen LogP contribution >= 0.6 is 23.2 Å². The summed E-state index contributed by atoms with van der Waals surface area (Å²) in [6.45, 7) is 5.10. The summed E-state index contributed by atoms with van der Waals surface area (Å²) in [5.74, 6) is 0.736. The van der Waals surface area contributed by atoms with Gasteiger partial charge >= 0.3 is 0 Å². The molecule has 1 fully saturated rings. The standard InChI is InChI=1S/C14H22Cl2N2/c1-3-11-13(16)12(18(4-2)17-11)9-14(10-15)7-5-6-8-14/h3-10H2,1-2H3. The molecule has 0 saturated heterocycles. The van der Waals surface area contributed by atoms with Crippen molar-refractivity contribution in [2.24, 2.45) is 5.41 Å². The normalized spacial score (nSPS) is 18.4. The van der Waals surface area contributed by atoms with Gasteiger partial charge in [-0.15, -0.1) is 11.6 Å². The summed E-state index contributed by atoms with van der Waals surface area (Å²) in [5, 5.41) is 5.47. The van der Waals surface area contributed by atoms with Gasteiger partial charge in [-0.25, -0.2) is 0 Å². The number of aromatic nitrogens is 2. The summed E-state index contributed by atoms with van der Waals surface area (Å²) in [6.07, 6.45) is 6.92. The molecule has 1 aliphatic carbocycles. The van der Waals surface area contributed by atoms with E-state index in [1.165, 1.54) is 31.4 Å². The molecule has 2 rings (SSSR count). The number of nitrogens with zero attached hydrogens (tertiary/aromatic N) is 2. The lowest BCUT2D eigenvalue weighted by molar-refractivity contribution is 0.330. The van der Waals surface area contributed by atoms with Gasteiger partial charge in [-0.1, -0.05) is 31.4 Å². The highest BCUT2D eigenvalue weighted by molar-refractivity contribution is 6.31. The first-order chi connectivity index (χ1) is 8.65. The molecule has 1 aliphatic rings. The van der Waals surface area contributed by atoms with E-state index in [2.05, 4.69) is 23.6 Å². The van der Waals surface area contributed by atoms with Crippen LogP contribution in [0.25, 0.3) is 0 Å². The van der Waals surface area contributed by atoms with Crippen molar-refractivity contribution in [3.8, 4) is 0 Å². The van der Waals surface area contributed by atoms with Gasteiger partial charge in [0, 0.05) is 12.4 Å². The minimum absolute atomic E-state index is 0.253. The van der Waals surface area contributed by atoms with Crippen LogP contribution in [0, 0.1) is 5.41 Å². The van der Waals surface area contributed by atoms with Crippen molar-refractivity contribution in [1.82, 2.24) is 9.78 Å². The Labute approximate surface area is 120 Å². The van der Waals surface area contributed by atoms with Crippen LogP contribution in [0.3, 0.4) is 0 Å². The van der Waals surface area contributed by atoms with Gasteiger partial charge < -0.3 is 0 Å². The van der Waals surface area contributed by atoms with E-state index in [0.717, 1.165) is 36.0 Å². The van der Waals surface area contributed by atoms with Gasteiger partial charge in [0.15, 0.2) is 0 Å². The van der Waals surface area contributed by atoms with E-state index in [9.17, 15) is 0 Å². The second-order valence-corrected chi connectivity index (χ2v) is 6.04. The summed E-state index contributed by atoms with van der Waals surface area (Å²) in [5.41, 5.74) is 2.47. The fourth-order valence-corrected chi connectivity index (χ4v) is 3.72. The third-order valence-corrected chi connectivity index (χ3v) is 5.19. The smallest absolute Gasteiger partial charge is 0.0850 e. The molecule has 0 radical (unpaired) electrons. The Kier molecular flexibility index (Phi) is 4.60. The fraction of sp³-hybridized carbons (Fsp3) is 0.786. The Hall–Kier alpha value is -0.210. The first-order valence-electron chi connectivity index (χ1n) is 6.96. The van der Waals surface area contributed by atoms with Gasteiger partial charge in [-0.2, -0.15) is 5.10 Å². The van der Waals surface area contributed by atoms with E-state index >= 15 is 0 Å². The van der Waals surface area contributed by atoms with Crippen molar-refractivity contribution in [3.63, 3.8) is 0 Å². The zero-order chi connectivity index (χ0) is 13.2. The van der Waals surface area contributed by atoms with Crippen molar-refractivity contribution >= 4 is 23.2 Å². The quantitative estimate of drug-likeness (QED) is 0.732. The molecule has 1 heterocycles. The van der Waals surface area contributed by atoms with Crippen LogP contribution in [-0.2, 0) is 19.4 Å². The Morgan fingerprint density at radius 1 is 1.28 bits per heavy atom. The van der Waals surface area contributed by atoms with Gasteiger partial charge in [0.25, 0.3) is 0 Å². The summed E-state index contributed by atoms with van der Waals surface area (Å²) >= 11 is 12.7. The third-order valence-electron chi connectivity index (χ3n) is 4.18. The van der Waals surface area contributed by atoms with Crippen LogP contribution < -0.4 is 0 Å². The Balaban J connectivity index is 2.29. The molecule has 1 saturated carbocycles. The molecule has 0 spiro atoms. The van der Waals surface area contributed by atoms with Gasteiger partial charge in [0.05, 0.1) is 16.4 Å². The predicted molar refractivity (Wildman–Crippen MR) is 77.6 cm³/mol. The zero-order valence-corrected chi connectivity index (χ0v) is 12.8. The highest BCUT2D eigenvalue weighted by Gasteiger charge is 2.35. The summed E-state index contributed by atoms with van der Waals surface area (Å²) < 4.78 is 2.06. The van der Waals surface area contributed by atoms with E-state index in [1.54, 1.807) is 0 Å². The molecule has 1 aromatic heterocycles. The molecule has 0 N–H and O–H groups in total. The van der Waals surface area contributed by atoms with E-state index in [-0.39, 0.29) is 5.41 Å². The lowest BCUT2D eigenvalue weighted by Gasteiger charge is -2.26. The summed E-state index contributed by atoms with van der Waals surface area (Å²) in [7, 11) is 0. The van der Waals surface area contributed by atoms with Crippen LogP contribution in [-0.4, -0.2) is 15.7 Å². The Morgan fingerprint density at radius 3 is 2.44 bits per heavy atom. The van der Waals surface area contributed by atoms with Crippen LogP contribution in [0.1, 0.15) is 50.9 Å². The average Bonchev–Trinajstić information content (AvgIpc) is 2.97. The molecular weight excluding hydrogens is 267 g/mol. The maximum atomic E-state index is 6.48. The number of alkyl halides is 1. The molecule has 18 heavy (non-hydrogen) atoms. The van der Waals surface area contributed by atoms with Crippen molar-refractivity contribution in [3.05, 3.63) is 16.4 Å². The largest absolute Gasteiger partial charge is 0.268 e. The van der Waals surface area contributed by atoms with Crippen LogP contribution in [0.2, 0.25) is 5.02 Å². The van der Waals surface area contributed by atoms with Crippen molar-refractivity contribution in [1.29, 1.82) is 0 Å². The molecule has 0 bridgehead atoms. The minimum Gasteiger partial charge on any atom is -0.268 e. The van der Waals surface area contributed by atoms with Gasteiger partial charge in [0.2, 0.25) is 0 Å². The highest BCUT2D eigenvalue weighted by Crippen LogP contribution is 2.43. The molecule has 0 atom stereocenters. The van der Waals surface area contributed by atoms with Crippen LogP contribution in [0.4, 0.5) is 0 Å². The second kappa shape index (κ2) is 5.83. The maximum absolute atomic E-state index is 6.48. The molecular formula is C14H22Cl2N2. The maximum Gasteiger partial charge on any atom is 0.0850 e. The first kappa shape index (κ1) is 14.2. The number of aryl methyl sites for hydroxylation is 2. The van der Waals surface area contributed by atoms with E-state index in [4.69, 9.17) is 23.2 Å². The van der Waals surface area contributed by atoms with E-state index in [0.29, 0.717) is 0 Å². The average molecular weight is 289 g/mol. The van der Waals surface area contributed by atoms with E-state index in [1.807, 2.05) is 0 Å². The van der Waals surface area contributed by atoms with E-state index < -0.39 is 0 Å². The lowest BCUT2D eigenvalue weighted by atomic mass is 9.83. The molecule has 0 amide bonds. The van der Waals surface area contributed by atoms with Crippen molar-refractivity contribution in [2.45, 2.75) is 58.9 Å². The molecule has 1 aromatic rings. The predicted octanol–water partition coefficient (Wildman–Crippen LogP) is 4.46. The molecule has 4 heteroatoms. The zero-order valence-electron chi connectivity index (χ0n) is 11.3. The SMILES string of the molecule is CCc1nn(CC)c(CC2(CCl)CCCC2)c1Cl. The molecule has 0 aliphatic heterocycles. The third kappa shape index (κ3) is 2.55. The topological polar surface area (TPSA) is 17.8 Å². The number of hydrogen-bond donors (Lipinski definition) is 0. The highest BCUT2D eigenvalue weighted by atomic mass is 35.5. The summed E-state index contributed by atoms with van der Waals surface area (Å²) in [6, 6.07) is 0. The summed E-state index contributed by atoms with van der Waals surface area (Å²) in [4.78, 5) is 0. The molecule has 102 valence electrons. The minimum atomic E-state index is 0.253. The van der Waals surface area contributed by atoms with Crippen LogP contribution in [0.5, 0.6) is 0 Å². The van der Waals surface area contributed by atoms with Crippen molar-refractivity contribution < 1.29 is 0 Å². The Morgan fingerprint density at radius 2 is 1.94 bits per heavy atom. The monoisotopic (exact) mass is 288 g/mol. The van der Waals surface area contributed by atoms with Crippen LogP contribution in [0.15, 0.2) is 0 Å². The lowest BCUT2D eigenvalue weighted by Crippen LogP contribution is -2.23. The number of hydrogen-bond acceptors (Lipinski definition) is 1. The van der Waals surface area contributed by atoms with Crippen molar-refractivity contribution in [2.75, 3.05) is 5.88 Å².